The molecule has 0 aliphatic rings. The van der Waals surface area contributed by atoms with Crippen LogP contribution in [0.25, 0.3) is 0 Å². The molecule has 152 valence electrons. The Kier molecular flexibility index (Phi) is 8.66. The number of nitrogens with zero attached hydrogens (tertiary/aromatic N) is 1. The maximum atomic E-state index is 11.4. The Morgan fingerprint density at radius 1 is 1.25 bits per heavy atom. The van der Waals surface area contributed by atoms with E-state index in [1.807, 2.05) is 24.3 Å². The average molecular weight is 410 g/mol. The molecule has 0 spiro atoms. The highest BCUT2D eigenvalue weighted by molar-refractivity contribution is 6.17. The number of hydrogen-bond donors (Lipinski definition) is 1. The van der Waals surface area contributed by atoms with Crippen molar-refractivity contribution in [1.29, 1.82) is 0 Å². The van der Waals surface area contributed by atoms with E-state index in [4.69, 9.17) is 30.5 Å². The number of benzene rings is 1. The standard InChI is InChI=1S/C20H24ClNO6/c1-13-20(28-14(2)24)18(10-23)17(9-22-13)8-16-6-4-5-7-19(16)27-12-26-15(3)25-11-21/h4-7,9,15,23H,8,10-12H2,1-3H3. The summed E-state index contributed by atoms with van der Waals surface area (Å²) in [4.78, 5) is 15.7. The van der Waals surface area contributed by atoms with Crippen molar-refractivity contribution in [2.75, 3.05) is 12.9 Å². The van der Waals surface area contributed by atoms with E-state index in [9.17, 15) is 9.90 Å². The molecule has 1 aromatic carbocycles. The summed E-state index contributed by atoms with van der Waals surface area (Å²) >= 11 is 5.49. The summed E-state index contributed by atoms with van der Waals surface area (Å²) in [5.41, 5.74) is 2.67. The van der Waals surface area contributed by atoms with E-state index in [0.29, 0.717) is 29.2 Å². The number of aliphatic hydroxyl groups excluding tert-OH is 1. The van der Waals surface area contributed by atoms with Crippen molar-refractivity contribution in [3.8, 4) is 11.5 Å². The van der Waals surface area contributed by atoms with Crippen molar-refractivity contribution < 1.29 is 28.8 Å². The predicted molar refractivity (Wildman–Crippen MR) is 103 cm³/mol. The Balaban J connectivity index is 2.21. The molecule has 0 saturated heterocycles. The highest BCUT2D eigenvalue weighted by Gasteiger charge is 2.17. The highest BCUT2D eigenvalue weighted by atomic mass is 35.5. The Hall–Kier alpha value is -2.19. The van der Waals surface area contributed by atoms with E-state index < -0.39 is 12.3 Å². The number of alkyl halides is 1. The van der Waals surface area contributed by atoms with Crippen molar-refractivity contribution in [1.82, 2.24) is 4.98 Å². The summed E-state index contributed by atoms with van der Waals surface area (Å²) in [5.74, 6) is 0.450. The number of aromatic nitrogens is 1. The second-order valence-corrected chi connectivity index (χ2v) is 6.20. The number of rotatable bonds is 10. The molecule has 1 atom stereocenters. The van der Waals surface area contributed by atoms with Crippen LogP contribution in [0.2, 0.25) is 0 Å². The number of esters is 1. The summed E-state index contributed by atoms with van der Waals surface area (Å²) in [6.07, 6.45) is 1.61. The SMILES string of the molecule is CC(=O)Oc1c(C)ncc(Cc2ccccc2OCOC(C)OCCl)c1CO. The molecule has 1 heterocycles. The fraction of sp³-hybridized carbons (Fsp3) is 0.400. The fourth-order valence-corrected chi connectivity index (χ4v) is 2.78. The zero-order chi connectivity index (χ0) is 20.5. The number of ether oxygens (including phenoxy) is 4. The van der Waals surface area contributed by atoms with Gasteiger partial charge in [0.15, 0.2) is 18.8 Å². The van der Waals surface area contributed by atoms with E-state index in [-0.39, 0.29) is 19.5 Å². The molecule has 0 aliphatic heterocycles. The largest absolute Gasteiger partial charge is 0.467 e. The van der Waals surface area contributed by atoms with Gasteiger partial charge in [0, 0.05) is 25.1 Å². The van der Waals surface area contributed by atoms with Gasteiger partial charge >= 0.3 is 5.97 Å². The van der Waals surface area contributed by atoms with Gasteiger partial charge in [-0.3, -0.25) is 9.78 Å². The van der Waals surface area contributed by atoms with Gasteiger partial charge in [0.1, 0.15) is 11.8 Å². The average Bonchev–Trinajstić information content (AvgIpc) is 2.66. The number of para-hydroxylation sites is 1. The molecule has 0 saturated carbocycles. The molecule has 8 heteroatoms. The monoisotopic (exact) mass is 409 g/mol. The molecule has 0 bridgehead atoms. The van der Waals surface area contributed by atoms with E-state index in [1.54, 1.807) is 20.0 Å². The molecule has 28 heavy (non-hydrogen) atoms. The summed E-state index contributed by atoms with van der Waals surface area (Å²) in [7, 11) is 0. The number of aryl methyl sites for hydroxylation is 1. The van der Waals surface area contributed by atoms with Gasteiger partial charge in [-0.05, 0) is 31.0 Å². The van der Waals surface area contributed by atoms with Gasteiger partial charge in [-0.1, -0.05) is 29.8 Å². The van der Waals surface area contributed by atoms with Crippen molar-refractivity contribution >= 4 is 17.6 Å². The highest BCUT2D eigenvalue weighted by Crippen LogP contribution is 2.29. The summed E-state index contributed by atoms with van der Waals surface area (Å²) in [6.45, 7) is 4.47. The molecule has 1 aromatic heterocycles. The summed E-state index contributed by atoms with van der Waals surface area (Å²) < 4.78 is 21.4. The topological polar surface area (TPSA) is 87.1 Å². The van der Waals surface area contributed by atoms with Gasteiger partial charge in [-0.15, -0.1) is 0 Å². The summed E-state index contributed by atoms with van der Waals surface area (Å²) in [6, 6.07) is 7.49. The lowest BCUT2D eigenvalue weighted by Gasteiger charge is -2.17. The van der Waals surface area contributed by atoms with Gasteiger partial charge in [0.25, 0.3) is 0 Å². The van der Waals surface area contributed by atoms with E-state index in [1.165, 1.54) is 6.92 Å². The van der Waals surface area contributed by atoms with Crippen LogP contribution in [0.1, 0.15) is 36.2 Å². The van der Waals surface area contributed by atoms with Crippen LogP contribution in [0.5, 0.6) is 11.5 Å². The first-order valence-corrected chi connectivity index (χ1v) is 9.26. The van der Waals surface area contributed by atoms with Crippen molar-refractivity contribution in [3.63, 3.8) is 0 Å². The number of aliphatic hydroxyl groups is 1. The normalized spacial score (nSPS) is 11.9. The van der Waals surface area contributed by atoms with Crippen LogP contribution in [-0.4, -0.2) is 35.2 Å². The molecule has 0 fully saturated rings. The molecule has 7 nitrogen and oxygen atoms in total. The lowest BCUT2D eigenvalue weighted by molar-refractivity contribution is -0.154. The van der Waals surface area contributed by atoms with Gasteiger partial charge in [0.05, 0.1) is 12.3 Å². The number of halogens is 1. The molecular weight excluding hydrogens is 386 g/mol. The molecule has 0 amide bonds. The Morgan fingerprint density at radius 2 is 2.00 bits per heavy atom. The van der Waals surface area contributed by atoms with Crippen LogP contribution < -0.4 is 9.47 Å². The summed E-state index contributed by atoms with van der Waals surface area (Å²) in [5, 5.41) is 9.84. The van der Waals surface area contributed by atoms with Crippen LogP contribution in [0.3, 0.4) is 0 Å². The van der Waals surface area contributed by atoms with Gasteiger partial charge in [-0.25, -0.2) is 0 Å². The van der Waals surface area contributed by atoms with Crippen LogP contribution in [-0.2, 0) is 27.3 Å². The van der Waals surface area contributed by atoms with Crippen LogP contribution >= 0.6 is 11.6 Å². The molecule has 0 aliphatic carbocycles. The smallest absolute Gasteiger partial charge is 0.308 e. The molecule has 1 unspecified atom stereocenters. The minimum atomic E-state index is -0.488. The number of carbonyl (C=O) groups is 1. The Labute approximate surface area is 169 Å². The quantitative estimate of drug-likeness (QED) is 0.366. The third-order valence-electron chi connectivity index (χ3n) is 3.98. The van der Waals surface area contributed by atoms with Crippen LogP contribution in [0, 0.1) is 6.92 Å². The lowest BCUT2D eigenvalue weighted by Crippen LogP contribution is -2.16. The van der Waals surface area contributed by atoms with Gasteiger partial charge < -0.3 is 24.1 Å². The number of pyridine rings is 1. The number of hydrogen-bond acceptors (Lipinski definition) is 7. The zero-order valence-electron chi connectivity index (χ0n) is 16.1. The van der Waals surface area contributed by atoms with Crippen molar-refractivity contribution in [3.05, 3.63) is 52.8 Å². The minimum absolute atomic E-state index is 0.00717. The molecule has 1 N–H and O–H groups in total. The molecule has 2 aromatic rings. The predicted octanol–water partition coefficient (Wildman–Crippen LogP) is 3.31. The Bertz CT molecular complexity index is 798. The van der Waals surface area contributed by atoms with E-state index in [0.717, 1.165) is 11.1 Å². The van der Waals surface area contributed by atoms with E-state index in [2.05, 4.69) is 4.98 Å². The molecule has 0 radical (unpaired) electrons. The second kappa shape index (κ2) is 11.0. The van der Waals surface area contributed by atoms with E-state index >= 15 is 0 Å². The Morgan fingerprint density at radius 3 is 2.68 bits per heavy atom. The maximum absolute atomic E-state index is 11.4. The van der Waals surface area contributed by atoms with Crippen molar-refractivity contribution in [2.24, 2.45) is 0 Å². The van der Waals surface area contributed by atoms with Gasteiger partial charge in [0.2, 0.25) is 0 Å². The first-order valence-electron chi connectivity index (χ1n) is 8.72. The fourth-order valence-electron chi connectivity index (χ4n) is 2.61. The second-order valence-electron chi connectivity index (χ2n) is 5.99. The minimum Gasteiger partial charge on any atom is -0.467 e. The third kappa shape index (κ3) is 6.17. The number of carbonyl (C=O) groups excluding carboxylic acids is 1. The van der Waals surface area contributed by atoms with Crippen LogP contribution in [0.15, 0.2) is 30.5 Å². The van der Waals surface area contributed by atoms with Gasteiger partial charge in [-0.2, -0.15) is 0 Å². The maximum Gasteiger partial charge on any atom is 0.308 e. The molecular formula is C20H24ClNO6. The first-order chi connectivity index (χ1) is 13.5. The first kappa shape index (κ1) is 22.1. The molecule has 2 rings (SSSR count). The van der Waals surface area contributed by atoms with Crippen molar-refractivity contribution in [2.45, 2.75) is 40.1 Å². The third-order valence-corrected chi connectivity index (χ3v) is 4.10. The zero-order valence-corrected chi connectivity index (χ0v) is 16.9. The lowest BCUT2D eigenvalue weighted by atomic mass is 10.00. The van der Waals surface area contributed by atoms with Crippen LogP contribution in [0.4, 0.5) is 0 Å².